The molecule has 0 saturated carbocycles. The molecule has 2 heteroatoms. The van der Waals surface area contributed by atoms with Crippen LogP contribution in [0.4, 0.5) is 17.1 Å². The maximum atomic E-state index is 2.44. The molecule has 0 saturated heterocycles. The van der Waals surface area contributed by atoms with Gasteiger partial charge < -0.3 is 0 Å². The number of benzene rings is 7. The Hall–Kier alpha value is -4.88. The summed E-state index contributed by atoms with van der Waals surface area (Å²) in [5, 5.41) is 5.44. The molecule has 0 radical (unpaired) electrons. The van der Waals surface area contributed by atoms with Gasteiger partial charge in [-0.2, -0.15) is 0 Å². The van der Waals surface area contributed by atoms with E-state index in [0.29, 0.717) is 0 Å². The van der Waals surface area contributed by atoms with Gasteiger partial charge in [-0.05, 0) is 0 Å². The monoisotopic (exact) mass is 601 g/mol. The van der Waals surface area contributed by atoms with Gasteiger partial charge in [0.25, 0.3) is 0 Å². The van der Waals surface area contributed by atoms with Crippen molar-refractivity contribution in [3.05, 3.63) is 164 Å². The zero-order valence-electron chi connectivity index (χ0n) is 22.9. The summed E-state index contributed by atoms with van der Waals surface area (Å²) in [5.41, 5.74) is 8.48. The number of anilines is 3. The summed E-state index contributed by atoms with van der Waals surface area (Å²) in [5.74, 6) is 0. The normalized spacial score (nSPS) is 11.3. The fourth-order valence-electron chi connectivity index (χ4n) is 5.98. The summed E-state index contributed by atoms with van der Waals surface area (Å²) in [6, 6.07) is 59.4. The molecular weight excluding hydrogens is 573 g/mol. The van der Waals surface area contributed by atoms with Crippen molar-refractivity contribution < 1.29 is 0 Å². The Morgan fingerprint density at radius 3 is 1.45 bits per heavy atom. The second kappa shape index (κ2) is 10.5. The molecule has 0 bridgehead atoms. The van der Waals surface area contributed by atoms with Gasteiger partial charge >= 0.3 is 253 Å². The second-order valence-electron chi connectivity index (χ2n) is 10.6. The molecular formula is C40H27NSe. The van der Waals surface area contributed by atoms with Gasteiger partial charge in [0.1, 0.15) is 0 Å². The first kappa shape index (κ1) is 24.9. The van der Waals surface area contributed by atoms with Crippen LogP contribution in [0.2, 0.25) is 0 Å². The van der Waals surface area contributed by atoms with Gasteiger partial charge in [0.15, 0.2) is 0 Å². The van der Waals surface area contributed by atoms with E-state index in [2.05, 4.69) is 169 Å². The molecule has 1 nitrogen and oxygen atoms in total. The molecule has 0 N–H and O–H groups in total. The number of hydrogen-bond acceptors (Lipinski definition) is 1. The minimum atomic E-state index is 0.189. The van der Waals surface area contributed by atoms with Crippen LogP contribution in [0.15, 0.2) is 164 Å². The predicted molar refractivity (Wildman–Crippen MR) is 181 cm³/mol. The standard InChI is InChI=1S/C40H27NSe/c1-3-10-28(11-4-1)30-18-23-33(24-19-30)41(34-25-20-31(21-26-34)29-12-5-2-6-13-29)38-17-9-16-36-37-27-22-32-14-7-8-15-35(32)39(37)42-40(36)38/h1-27H. The summed E-state index contributed by atoms with van der Waals surface area (Å²) in [6.45, 7) is 0. The van der Waals surface area contributed by atoms with E-state index in [4.69, 9.17) is 0 Å². The summed E-state index contributed by atoms with van der Waals surface area (Å²) < 4.78 is 2.93. The van der Waals surface area contributed by atoms with E-state index in [1.54, 1.807) is 0 Å². The van der Waals surface area contributed by atoms with Gasteiger partial charge in [-0.15, -0.1) is 0 Å². The molecule has 0 atom stereocenters. The Kier molecular flexibility index (Phi) is 6.22. The first-order valence-electron chi connectivity index (χ1n) is 14.3. The Morgan fingerprint density at radius 2 is 0.833 bits per heavy atom. The molecule has 0 fully saturated rings. The summed E-state index contributed by atoms with van der Waals surface area (Å²) in [7, 11) is 0. The second-order valence-corrected chi connectivity index (χ2v) is 12.7. The van der Waals surface area contributed by atoms with Crippen molar-refractivity contribution in [1.82, 2.24) is 0 Å². The summed E-state index contributed by atoms with van der Waals surface area (Å²) in [4.78, 5) is 2.44. The SMILES string of the molecule is c1ccc(-c2ccc(N(c3ccc(-c4ccccc4)cc3)c3cccc4c3[se]c3c5ccccc5ccc43)cc2)cc1. The maximum absolute atomic E-state index is 2.44. The van der Waals surface area contributed by atoms with E-state index in [1.807, 2.05) is 0 Å². The molecule has 0 amide bonds. The fourth-order valence-corrected chi connectivity index (χ4v) is 8.79. The van der Waals surface area contributed by atoms with Crippen LogP contribution < -0.4 is 4.90 Å². The van der Waals surface area contributed by atoms with Crippen LogP contribution in [0.1, 0.15) is 0 Å². The van der Waals surface area contributed by atoms with Crippen LogP contribution in [0.3, 0.4) is 0 Å². The Morgan fingerprint density at radius 1 is 0.333 bits per heavy atom. The van der Waals surface area contributed by atoms with Crippen LogP contribution >= 0.6 is 0 Å². The van der Waals surface area contributed by atoms with Crippen LogP contribution in [0.5, 0.6) is 0 Å². The van der Waals surface area contributed by atoms with E-state index < -0.39 is 0 Å². The first-order valence-corrected chi connectivity index (χ1v) is 16.0. The Balaban J connectivity index is 1.32. The molecule has 7 aromatic carbocycles. The molecule has 42 heavy (non-hydrogen) atoms. The van der Waals surface area contributed by atoms with E-state index in [0.717, 1.165) is 11.4 Å². The van der Waals surface area contributed by atoms with Crippen molar-refractivity contribution in [3.8, 4) is 22.3 Å². The molecule has 0 aliphatic heterocycles. The van der Waals surface area contributed by atoms with Crippen LogP contribution in [-0.2, 0) is 0 Å². The third-order valence-electron chi connectivity index (χ3n) is 8.07. The van der Waals surface area contributed by atoms with Crippen LogP contribution in [-0.4, -0.2) is 14.5 Å². The molecule has 0 aliphatic rings. The van der Waals surface area contributed by atoms with Crippen molar-refractivity contribution in [2.75, 3.05) is 4.90 Å². The van der Waals surface area contributed by atoms with E-state index in [-0.39, 0.29) is 14.5 Å². The van der Waals surface area contributed by atoms with Crippen molar-refractivity contribution in [2.24, 2.45) is 0 Å². The average Bonchev–Trinajstić information content (AvgIpc) is 3.47. The quantitative estimate of drug-likeness (QED) is 0.178. The molecule has 198 valence electrons. The number of hydrogen-bond donors (Lipinski definition) is 0. The Labute approximate surface area is 251 Å². The molecule has 8 rings (SSSR count). The van der Waals surface area contributed by atoms with Crippen LogP contribution in [0, 0.1) is 0 Å². The molecule has 0 unspecified atom stereocenters. The van der Waals surface area contributed by atoms with E-state index >= 15 is 0 Å². The van der Waals surface area contributed by atoms with Gasteiger partial charge in [-0.1, -0.05) is 0 Å². The van der Waals surface area contributed by atoms with Gasteiger partial charge in [0.05, 0.1) is 0 Å². The zero-order valence-corrected chi connectivity index (χ0v) is 24.7. The van der Waals surface area contributed by atoms with Crippen molar-refractivity contribution >= 4 is 61.6 Å². The van der Waals surface area contributed by atoms with Crippen molar-refractivity contribution in [3.63, 3.8) is 0 Å². The topological polar surface area (TPSA) is 3.24 Å². The fraction of sp³-hybridized carbons (Fsp3) is 0. The number of fused-ring (bicyclic) bond motifs is 5. The van der Waals surface area contributed by atoms with Gasteiger partial charge in [-0.3, -0.25) is 0 Å². The minimum absolute atomic E-state index is 0.189. The molecule has 1 aromatic heterocycles. The van der Waals surface area contributed by atoms with Crippen molar-refractivity contribution in [2.45, 2.75) is 0 Å². The third-order valence-corrected chi connectivity index (χ3v) is 10.8. The first-order chi connectivity index (χ1) is 20.8. The molecule has 8 aromatic rings. The molecule has 0 spiro atoms. The van der Waals surface area contributed by atoms with Gasteiger partial charge in [0.2, 0.25) is 0 Å². The van der Waals surface area contributed by atoms with Gasteiger partial charge in [-0.25, -0.2) is 0 Å². The van der Waals surface area contributed by atoms with E-state index in [9.17, 15) is 0 Å². The number of rotatable bonds is 5. The molecule has 1 heterocycles. The van der Waals surface area contributed by atoms with E-state index in [1.165, 1.54) is 58.0 Å². The summed E-state index contributed by atoms with van der Waals surface area (Å²) in [6.07, 6.45) is 0. The zero-order chi connectivity index (χ0) is 27.9. The van der Waals surface area contributed by atoms with Crippen LogP contribution in [0.25, 0.3) is 52.3 Å². The predicted octanol–water partition coefficient (Wildman–Crippen LogP) is 11.0. The summed E-state index contributed by atoms with van der Waals surface area (Å²) >= 11 is 0.189. The van der Waals surface area contributed by atoms with Crippen molar-refractivity contribution in [1.29, 1.82) is 0 Å². The average molecular weight is 601 g/mol. The number of nitrogens with zero attached hydrogens (tertiary/aromatic N) is 1. The Bertz CT molecular complexity index is 2080. The van der Waals surface area contributed by atoms with Gasteiger partial charge in [0, 0.05) is 0 Å². The molecule has 0 aliphatic carbocycles. The third kappa shape index (κ3) is 4.33.